The maximum atomic E-state index is 9.27. The minimum absolute atomic E-state index is 0.111. The summed E-state index contributed by atoms with van der Waals surface area (Å²) >= 11 is 0. The average Bonchev–Trinajstić information content (AvgIpc) is 2.86. The molecular formula is C14H21N. The molecule has 0 aromatic rings. The standard InChI is InChI=1S/C14H21N/c15-11-13-5-8-14(9-6-13,10-7-13)12-3-1-2-4-12/h12H,1-10H2. The molecule has 0 amide bonds. The third kappa shape index (κ3) is 1.34. The van der Waals surface area contributed by atoms with Gasteiger partial charge in [-0.1, -0.05) is 12.8 Å². The summed E-state index contributed by atoms with van der Waals surface area (Å²) in [5, 5.41) is 9.27. The van der Waals surface area contributed by atoms with Crippen molar-refractivity contribution in [3.8, 4) is 6.07 Å². The summed E-state index contributed by atoms with van der Waals surface area (Å²) in [6, 6.07) is 2.61. The lowest BCUT2D eigenvalue weighted by atomic mass is 9.50. The van der Waals surface area contributed by atoms with Crippen LogP contribution in [0, 0.1) is 28.1 Å². The summed E-state index contributed by atoms with van der Waals surface area (Å²) in [6.45, 7) is 0. The minimum Gasteiger partial charge on any atom is -0.198 e. The Hall–Kier alpha value is -0.510. The number of fused-ring (bicyclic) bond motifs is 3. The van der Waals surface area contributed by atoms with Gasteiger partial charge in [0.15, 0.2) is 0 Å². The SMILES string of the molecule is N#CC12CCC(C3CCCC3)(CC1)CC2. The molecule has 1 nitrogen and oxygen atoms in total. The molecule has 4 saturated carbocycles. The highest BCUT2D eigenvalue weighted by Crippen LogP contribution is 2.62. The van der Waals surface area contributed by atoms with Crippen LogP contribution in [0.25, 0.3) is 0 Å². The van der Waals surface area contributed by atoms with E-state index >= 15 is 0 Å². The first-order valence-corrected chi connectivity index (χ1v) is 6.70. The second kappa shape index (κ2) is 3.24. The smallest absolute Gasteiger partial charge is 0.0689 e. The highest BCUT2D eigenvalue weighted by molar-refractivity contribution is 5.10. The van der Waals surface area contributed by atoms with Crippen LogP contribution < -0.4 is 0 Å². The van der Waals surface area contributed by atoms with Crippen LogP contribution in [0.5, 0.6) is 0 Å². The fourth-order valence-corrected chi connectivity index (χ4v) is 4.53. The molecule has 4 aliphatic carbocycles. The van der Waals surface area contributed by atoms with E-state index in [1.165, 1.54) is 64.2 Å². The molecule has 4 aliphatic rings. The van der Waals surface area contributed by atoms with E-state index in [-0.39, 0.29) is 5.41 Å². The predicted octanol–water partition coefficient (Wildman–Crippen LogP) is 4.04. The lowest BCUT2D eigenvalue weighted by Gasteiger charge is -2.53. The van der Waals surface area contributed by atoms with Crippen molar-refractivity contribution in [1.82, 2.24) is 0 Å². The van der Waals surface area contributed by atoms with E-state index in [4.69, 9.17) is 0 Å². The zero-order valence-corrected chi connectivity index (χ0v) is 9.60. The van der Waals surface area contributed by atoms with Crippen LogP contribution in [0.4, 0.5) is 0 Å². The highest BCUT2D eigenvalue weighted by Gasteiger charge is 2.52. The van der Waals surface area contributed by atoms with Gasteiger partial charge in [0.05, 0.1) is 11.5 Å². The third-order valence-electron chi connectivity index (χ3n) is 5.76. The van der Waals surface area contributed by atoms with Gasteiger partial charge in [0.1, 0.15) is 0 Å². The highest BCUT2D eigenvalue weighted by atomic mass is 14.6. The third-order valence-corrected chi connectivity index (χ3v) is 5.76. The van der Waals surface area contributed by atoms with Crippen LogP contribution >= 0.6 is 0 Å². The first-order chi connectivity index (χ1) is 7.29. The van der Waals surface area contributed by atoms with Gasteiger partial charge in [0, 0.05) is 0 Å². The number of nitriles is 1. The molecule has 0 aromatic heterocycles. The molecule has 82 valence electrons. The van der Waals surface area contributed by atoms with Gasteiger partial charge in [0.25, 0.3) is 0 Å². The number of rotatable bonds is 1. The second-order valence-corrected chi connectivity index (χ2v) is 6.24. The Balaban J connectivity index is 1.78. The van der Waals surface area contributed by atoms with Gasteiger partial charge in [0.2, 0.25) is 0 Å². The molecule has 15 heavy (non-hydrogen) atoms. The zero-order valence-electron chi connectivity index (χ0n) is 9.60. The Bertz CT molecular complexity index is 268. The van der Waals surface area contributed by atoms with Crippen LogP contribution in [0.2, 0.25) is 0 Å². The topological polar surface area (TPSA) is 23.8 Å². The first kappa shape index (κ1) is 9.70. The van der Waals surface area contributed by atoms with Crippen LogP contribution in [0.3, 0.4) is 0 Å². The molecule has 2 bridgehead atoms. The molecule has 0 heterocycles. The number of hydrogen-bond acceptors (Lipinski definition) is 1. The van der Waals surface area contributed by atoms with E-state index in [1.807, 2.05) is 0 Å². The Morgan fingerprint density at radius 1 is 0.867 bits per heavy atom. The normalized spacial score (nSPS) is 45.5. The van der Waals surface area contributed by atoms with Crippen molar-refractivity contribution in [1.29, 1.82) is 5.26 Å². The van der Waals surface area contributed by atoms with Crippen molar-refractivity contribution in [3.63, 3.8) is 0 Å². The average molecular weight is 203 g/mol. The van der Waals surface area contributed by atoms with Crippen molar-refractivity contribution in [2.24, 2.45) is 16.7 Å². The second-order valence-electron chi connectivity index (χ2n) is 6.24. The van der Waals surface area contributed by atoms with Crippen molar-refractivity contribution in [2.75, 3.05) is 0 Å². The van der Waals surface area contributed by atoms with Gasteiger partial charge in [-0.3, -0.25) is 0 Å². The van der Waals surface area contributed by atoms with Crippen LogP contribution in [0.15, 0.2) is 0 Å². The summed E-state index contributed by atoms with van der Waals surface area (Å²) < 4.78 is 0. The Kier molecular flexibility index (Phi) is 2.09. The van der Waals surface area contributed by atoms with Crippen molar-refractivity contribution in [2.45, 2.75) is 64.2 Å². The fourth-order valence-electron chi connectivity index (χ4n) is 4.53. The summed E-state index contributed by atoms with van der Waals surface area (Å²) in [7, 11) is 0. The Morgan fingerprint density at radius 2 is 1.40 bits per heavy atom. The Morgan fingerprint density at radius 3 is 1.87 bits per heavy atom. The molecule has 4 rings (SSSR count). The van der Waals surface area contributed by atoms with E-state index in [0.717, 1.165) is 5.92 Å². The fraction of sp³-hybridized carbons (Fsp3) is 0.929. The van der Waals surface area contributed by atoms with Gasteiger partial charge in [-0.25, -0.2) is 0 Å². The van der Waals surface area contributed by atoms with Gasteiger partial charge in [-0.2, -0.15) is 5.26 Å². The molecule has 0 aromatic carbocycles. The van der Waals surface area contributed by atoms with Crippen molar-refractivity contribution < 1.29 is 0 Å². The van der Waals surface area contributed by atoms with E-state index in [0.29, 0.717) is 5.41 Å². The van der Waals surface area contributed by atoms with E-state index in [2.05, 4.69) is 6.07 Å². The largest absolute Gasteiger partial charge is 0.198 e. The molecule has 0 spiro atoms. The molecule has 1 heteroatoms. The molecule has 0 atom stereocenters. The van der Waals surface area contributed by atoms with Gasteiger partial charge < -0.3 is 0 Å². The molecule has 0 aliphatic heterocycles. The van der Waals surface area contributed by atoms with Gasteiger partial charge in [-0.05, 0) is 62.7 Å². The lowest BCUT2D eigenvalue weighted by Crippen LogP contribution is -2.44. The van der Waals surface area contributed by atoms with E-state index < -0.39 is 0 Å². The summed E-state index contributed by atoms with van der Waals surface area (Å²) in [4.78, 5) is 0. The molecule has 4 fully saturated rings. The number of nitrogens with zero attached hydrogens (tertiary/aromatic N) is 1. The molecular weight excluding hydrogens is 182 g/mol. The Labute approximate surface area is 92.9 Å². The number of hydrogen-bond donors (Lipinski definition) is 0. The summed E-state index contributed by atoms with van der Waals surface area (Å²) in [5.41, 5.74) is 0.801. The zero-order chi connectivity index (χ0) is 10.4. The quantitative estimate of drug-likeness (QED) is 0.631. The van der Waals surface area contributed by atoms with Crippen LogP contribution in [0.1, 0.15) is 64.2 Å². The monoisotopic (exact) mass is 203 g/mol. The van der Waals surface area contributed by atoms with E-state index in [9.17, 15) is 5.26 Å². The van der Waals surface area contributed by atoms with Crippen molar-refractivity contribution in [3.05, 3.63) is 0 Å². The molecule has 0 radical (unpaired) electrons. The van der Waals surface area contributed by atoms with Crippen LogP contribution in [-0.2, 0) is 0 Å². The summed E-state index contributed by atoms with van der Waals surface area (Å²) in [6.07, 6.45) is 13.6. The molecule has 0 N–H and O–H groups in total. The minimum atomic E-state index is 0.111. The predicted molar refractivity (Wildman–Crippen MR) is 60.1 cm³/mol. The maximum Gasteiger partial charge on any atom is 0.0689 e. The first-order valence-electron chi connectivity index (χ1n) is 6.70. The summed E-state index contributed by atoms with van der Waals surface area (Å²) in [5.74, 6) is 1.02. The van der Waals surface area contributed by atoms with E-state index in [1.54, 1.807) is 0 Å². The molecule has 0 saturated heterocycles. The molecule has 0 unspecified atom stereocenters. The maximum absolute atomic E-state index is 9.27. The van der Waals surface area contributed by atoms with Gasteiger partial charge in [-0.15, -0.1) is 0 Å². The lowest BCUT2D eigenvalue weighted by molar-refractivity contribution is -0.0192. The van der Waals surface area contributed by atoms with Crippen LogP contribution in [-0.4, -0.2) is 0 Å². The van der Waals surface area contributed by atoms with Gasteiger partial charge >= 0.3 is 0 Å². The van der Waals surface area contributed by atoms with Crippen molar-refractivity contribution >= 4 is 0 Å².